The highest BCUT2D eigenvalue weighted by Crippen LogP contribution is 2.29. The molecular formula is C17H21N3O2. The van der Waals surface area contributed by atoms with E-state index in [1.54, 1.807) is 7.11 Å². The summed E-state index contributed by atoms with van der Waals surface area (Å²) >= 11 is 0. The lowest BCUT2D eigenvalue weighted by atomic mass is 9.93. The van der Waals surface area contributed by atoms with Crippen molar-refractivity contribution < 1.29 is 9.53 Å². The summed E-state index contributed by atoms with van der Waals surface area (Å²) in [6.45, 7) is 0. The van der Waals surface area contributed by atoms with Crippen LogP contribution in [0.4, 0.5) is 0 Å². The van der Waals surface area contributed by atoms with E-state index in [1.165, 1.54) is 5.69 Å². The van der Waals surface area contributed by atoms with Crippen LogP contribution in [0.5, 0.6) is 5.75 Å². The number of fused-ring (bicyclic) bond motifs is 1. The predicted octanol–water partition coefficient (Wildman–Crippen LogP) is 2.17. The number of hydrogen-bond donors (Lipinski definition) is 1. The van der Waals surface area contributed by atoms with Crippen molar-refractivity contribution in [3.8, 4) is 5.75 Å². The van der Waals surface area contributed by atoms with Gasteiger partial charge in [-0.25, -0.2) is 0 Å². The molecule has 0 unspecified atom stereocenters. The first-order chi connectivity index (χ1) is 10.7. The number of carbonyl (C=O) groups excluding carboxylic acids is 1. The zero-order valence-corrected chi connectivity index (χ0v) is 13.0. The van der Waals surface area contributed by atoms with Crippen LogP contribution < -0.4 is 10.1 Å². The Morgan fingerprint density at radius 1 is 1.41 bits per heavy atom. The van der Waals surface area contributed by atoms with Crippen LogP contribution in [0.1, 0.15) is 35.7 Å². The Balaban J connectivity index is 1.64. The minimum atomic E-state index is 0.0480. The van der Waals surface area contributed by atoms with Gasteiger partial charge in [-0.05, 0) is 37.0 Å². The van der Waals surface area contributed by atoms with Crippen LogP contribution in [0.25, 0.3) is 0 Å². The Kier molecular flexibility index (Phi) is 4.13. The molecule has 1 aliphatic rings. The first kappa shape index (κ1) is 14.6. The quantitative estimate of drug-likeness (QED) is 0.941. The molecule has 5 nitrogen and oxygen atoms in total. The highest BCUT2D eigenvalue weighted by atomic mass is 16.5. The van der Waals surface area contributed by atoms with Crippen molar-refractivity contribution in [3.05, 3.63) is 47.3 Å². The molecule has 116 valence electrons. The van der Waals surface area contributed by atoms with Gasteiger partial charge in [-0.3, -0.25) is 9.48 Å². The molecule has 1 heterocycles. The van der Waals surface area contributed by atoms with Gasteiger partial charge in [-0.1, -0.05) is 12.1 Å². The third kappa shape index (κ3) is 2.98. The van der Waals surface area contributed by atoms with Crippen LogP contribution in [-0.2, 0) is 24.7 Å². The molecule has 0 spiro atoms. The second kappa shape index (κ2) is 6.22. The number of amides is 1. The largest absolute Gasteiger partial charge is 0.497 e. The number of hydrogen-bond acceptors (Lipinski definition) is 3. The molecule has 1 aromatic heterocycles. The van der Waals surface area contributed by atoms with E-state index in [0.29, 0.717) is 6.42 Å². The molecule has 1 N–H and O–H groups in total. The highest BCUT2D eigenvalue weighted by Gasteiger charge is 2.24. The molecule has 2 aromatic rings. The van der Waals surface area contributed by atoms with Gasteiger partial charge in [0.2, 0.25) is 5.91 Å². The Morgan fingerprint density at radius 2 is 2.18 bits per heavy atom. The smallest absolute Gasteiger partial charge is 0.224 e. The van der Waals surface area contributed by atoms with Crippen molar-refractivity contribution in [2.75, 3.05) is 7.11 Å². The number of aryl methyl sites for hydroxylation is 1. The summed E-state index contributed by atoms with van der Waals surface area (Å²) in [5.41, 5.74) is 3.39. The van der Waals surface area contributed by atoms with Crippen LogP contribution in [0, 0.1) is 0 Å². The summed E-state index contributed by atoms with van der Waals surface area (Å²) in [5, 5.41) is 7.45. The van der Waals surface area contributed by atoms with Gasteiger partial charge in [0.15, 0.2) is 0 Å². The minimum absolute atomic E-state index is 0.0480. The van der Waals surface area contributed by atoms with Gasteiger partial charge in [0, 0.05) is 18.3 Å². The number of rotatable bonds is 4. The standard InChI is InChI=1S/C17H21N3O2/c1-20-16-5-3-4-15(14(16)11-18-20)19-17(21)10-12-6-8-13(22-2)9-7-12/h6-9,11,15H,3-5,10H2,1-2H3,(H,19,21)/t15-/m0/s1. The maximum absolute atomic E-state index is 12.3. The normalized spacial score (nSPS) is 16.9. The summed E-state index contributed by atoms with van der Waals surface area (Å²) in [6.07, 6.45) is 5.37. The van der Waals surface area contributed by atoms with E-state index in [1.807, 2.05) is 42.2 Å². The monoisotopic (exact) mass is 299 g/mol. The van der Waals surface area contributed by atoms with Crippen LogP contribution >= 0.6 is 0 Å². The van der Waals surface area contributed by atoms with Crippen molar-refractivity contribution in [1.82, 2.24) is 15.1 Å². The van der Waals surface area contributed by atoms with E-state index in [9.17, 15) is 4.79 Å². The summed E-state index contributed by atoms with van der Waals surface area (Å²) in [6, 6.07) is 7.69. The van der Waals surface area contributed by atoms with Gasteiger partial charge in [-0.2, -0.15) is 5.10 Å². The number of ether oxygens (including phenoxy) is 1. The molecule has 0 radical (unpaired) electrons. The Hall–Kier alpha value is -2.30. The number of nitrogens with zero attached hydrogens (tertiary/aromatic N) is 2. The van der Waals surface area contributed by atoms with Gasteiger partial charge < -0.3 is 10.1 Å². The summed E-state index contributed by atoms with van der Waals surface area (Å²) in [5.74, 6) is 0.850. The predicted molar refractivity (Wildman–Crippen MR) is 83.7 cm³/mol. The average Bonchev–Trinajstić information content (AvgIpc) is 2.91. The van der Waals surface area contributed by atoms with E-state index in [-0.39, 0.29) is 11.9 Å². The molecule has 0 saturated heterocycles. The fraction of sp³-hybridized carbons (Fsp3) is 0.412. The van der Waals surface area contributed by atoms with Crippen molar-refractivity contribution in [2.45, 2.75) is 31.7 Å². The highest BCUT2D eigenvalue weighted by molar-refractivity contribution is 5.79. The van der Waals surface area contributed by atoms with Crippen molar-refractivity contribution in [3.63, 3.8) is 0 Å². The van der Waals surface area contributed by atoms with E-state index >= 15 is 0 Å². The Bertz CT molecular complexity index is 661. The van der Waals surface area contributed by atoms with Crippen molar-refractivity contribution >= 4 is 5.91 Å². The van der Waals surface area contributed by atoms with Crippen molar-refractivity contribution in [1.29, 1.82) is 0 Å². The second-order valence-electron chi connectivity index (χ2n) is 5.71. The first-order valence-electron chi connectivity index (χ1n) is 7.60. The number of nitrogens with one attached hydrogen (secondary N) is 1. The maximum Gasteiger partial charge on any atom is 0.224 e. The molecule has 1 atom stereocenters. The maximum atomic E-state index is 12.3. The van der Waals surface area contributed by atoms with E-state index < -0.39 is 0 Å². The lowest BCUT2D eigenvalue weighted by Crippen LogP contribution is -2.32. The number of aromatic nitrogens is 2. The minimum Gasteiger partial charge on any atom is -0.497 e. The van der Waals surface area contributed by atoms with Gasteiger partial charge >= 0.3 is 0 Å². The van der Waals surface area contributed by atoms with E-state index in [2.05, 4.69) is 10.4 Å². The van der Waals surface area contributed by atoms with Crippen LogP contribution in [-0.4, -0.2) is 22.8 Å². The Labute approximate surface area is 130 Å². The van der Waals surface area contributed by atoms with Crippen LogP contribution in [0.3, 0.4) is 0 Å². The summed E-state index contributed by atoms with van der Waals surface area (Å²) in [4.78, 5) is 12.3. The zero-order chi connectivity index (χ0) is 15.5. The van der Waals surface area contributed by atoms with E-state index in [0.717, 1.165) is 36.1 Å². The molecule has 0 saturated carbocycles. The van der Waals surface area contributed by atoms with Gasteiger partial charge in [0.25, 0.3) is 0 Å². The third-order valence-electron chi connectivity index (χ3n) is 4.23. The molecule has 3 rings (SSSR count). The number of methoxy groups -OCH3 is 1. The molecule has 1 aromatic carbocycles. The number of benzene rings is 1. The fourth-order valence-corrected chi connectivity index (χ4v) is 3.03. The molecule has 1 aliphatic carbocycles. The molecule has 22 heavy (non-hydrogen) atoms. The lowest BCUT2D eigenvalue weighted by Gasteiger charge is -2.23. The Morgan fingerprint density at radius 3 is 2.91 bits per heavy atom. The average molecular weight is 299 g/mol. The van der Waals surface area contributed by atoms with Crippen LogP contribution in [0.15, 0.2) is 30.5 Å². The second-order valence-corrected chi connectivity index (χ2v) is 5.71. The zero-order valence-electron chi connectivity index (χ0n) is 13.0. The van der Waals surface area contributed by atoms with Gasteiger partial charge in [0.05, 0.1) is 25.8 Å². The summed E-state index contributed by atoms with van der Waals surface area (Å²) < 4.78 is 7.04. The molecular weight excluding hydrogens is 278 g/mol. The molecule has 0 fully saturated rings. The summed E-state index contributed by atoms with van der Waals surface area (Å²) in [7, 11) is 3.59. The molecule has 1 amide bonds. The van der Waals surface area contributed by atoms with E-state index in [4.69, 9.17) is 4.74 Å². The molecule has 5 heteroatoms. The topological polar surface area (TPSA) is 56.1 Å². The third-order valence-corrected chi connectivity index (χ3v) is 4.23. The van der Waals surface area contributed by atoms with Crippen LogP contribution in [0.2, 0.25) is 0 Å². The SMILES string of the molecule is COc1ccc(CC(=O)N[C@H]2CCCc3c2cnn3C)cc1. The lowest BCUT2D eigenvalue weighted by molar-refractivity contribution is -0.121. The first-order valence-corrected chi connectivity index (χ1v) is 7.60. The fourth-order valence-electron chi connectivity index (χ4n) is 3.03. The molecule has 0 aliphatic heterocycles. The molecule has 0 bridgehead atoms. The van der Waals surface area contributed by atoms with Crippen molar-refractivity contribution in [2.24, 2.45) is 7.05 Å². The number of carbonyl (C=O) groups is 1. The van der Waals surface area contributed by atoms with Gasteiger partial charge in [-0.15, -0.1) is 0 Å². The van der Waals surface area contributed by atoms with Gasteiger partial charge in [0.1, 0.15) is 5.75 Å².